The van der Waals surface area contributed by atoms with Crippen LogP contribution in [-0.4, -0.2) is 30.7 Å². The van der Waals surface area contributed by atoms with E-state index in [-0.39, 0.29) is 17.2 Å². The second-order valence-corrected chi connectivity index (χ2v) is 8.38. The van der Waals surface area contributed by atoms with Gasteiger partial charge in [-0.3, -0.25) is 9.20 Å². The van der Waals surface area contributed by atoms with Crippen LogP contribution in [0, 0.1) is 13.8 Å². The molecule has 0 bridgehead atoms. The SMILES string of the molecule is Cc1cc(C)n2c(S[C@@H](C)C(=O)N[C@@H]3CCCc4ccccc43)nnc2n1. The van der Waals surface area contributed by atoms with Gasteiger partial charge in [-0.25, -0.2) is 4.98 Å². The lowest BCUT2D eigenvalue weighted by molar-refractivity contribution is -0.121. The Labute approximate surface area is 162 Å². The van der Waals surface area contributed by atoms with E-state index in [1.54, 1.807) is 0 Å². The van der Waals surface area contributed by atoms with E-state index in [9.17, 15) is 4.79 Å². The number of rotatable bonds is 4. The van der Waals surface area contributed by atoms with Crippen molar-refractivity contribution in [3.05, 3.63) is 52.8 Å². The van der Waals surface area contributed by atoms with Crippen LogP contribution in [0.25, 0.3) is 5.78 Å². The third-order valence-electron chi connectivity index (χ3n) is 5.00. The molecule has 0 fully saturated rings. The molecular formula is C20H23N5OS. The van der Waals surface area contributed by atoms with Crippen LogP contribution in [0.5, 0.6) is 0 Å². The van der Waals surface area contributed by atoms with E-state index >= 15 is 0 Å². The van der Waals surface area contributed by atoms with Crippen LogP contribution >= 0.6 is 11.8 Å². The summed E-state index contributed by atoms with van der Waals surface area (Å²) in [5, 5.41) is 12.0. The van der Waals surface area contributed by atoms with Gasteiger partial charge in [-0.15, -0.1) is 10.2 Å². The Bertz CT molecular complexity index is 999. The minimum absolute atomic E-state index is 0.0242. The van der Waals surface area contributed by atoms with E-state index in [1.807, 2.05) is 37.3 Å². The standard InChI is InChI=1S/C20H23N5OS/c1-12-11-13(2)25-19(21-12)23-24-20(25)27-14(3)18(26)22-17-10-6-8-15-7-4-5-9-16(15)17/h4-5,7,9,11,14,17H,6,8,10H2,1-3H3,(H,22,26)/t14-,17+/m0/s1. The summed E-state index contributed by atoms with van der Waals surface area (Å²) in [5.41, 5.74) is 4.51. The van der Waals surface area contributed by atoms with Crippen molar-refractivity contribution in [2.45, 2.75) is 56.5 Å². The van der Waals surface area contributed by atoms with Gasteiger partial charge in [-0.05, 0) is 57.2 Å². The fourth-order valence-corrected chi connectivity index (χ4v) is 4.59. The number of nitrogens with zero attached hydrogens (tertiary/aromatic N) is 4. The van der Waals surface area contributed by atoms with Crippen LogP contribution in [0.4, 0.5) is 0 Å². The molecule has 1 N–H and O–H groups in total. The van der Waals surface area contributed by atoms with Gasteiger partial charge in [0.25, 0.3) is 5.78 Å². The van der Waals surface area contributed by atoms with Crippen molar-refractivity contribution in [2.75, 3.05) is 0 Å². The maximum Gasteiger partial charge on any atom is 0.256 e. The Morgan fingerprint density at radius 3 is 2.96 bits per heavy atom. The Morgan fingerprint density at radius 2 is 2.11 bits per heavy atom. The minimum atomic E-state index is -0.271. The Morgan fingerprint density at radius 1 is 1.30 bits per heavy atom. The molecule has 0 spiro atoms. The van der Waals surface area contributed by atoms with E-state index in [4.69, 9.17) is 0 Å². The molecule has 140 valence electrons. The third-order valence-corrected chi connectivity index (χ3v) is 6.04. The minimum Gasteiger partial charge on any atom is -0.348 e. The molecule has 6 nitrogen and oxygen atoms in total. The monoisotopic (exact) mass is 381 g/mol. The zero-order chi connectivity index (χ0) is 19.0. The predicted molar refractivity (Wildman–Crippen MR) is 106 cm³/mol. The van der Waals surface area contributed by atoms with Crippen LogP contribution in [0.2, 0.25) is 0 Å². The maximum atomic E-state index is 12.8. The van der Waals surface area contributed by atoms with Crippen LogP contribution < -0.4 is 5.32 Å². The van der Waals surface area contributed by atoms with Crippen molar-refractivity contribution in [3.63, 3.8) is 0 Å². The highest BCUT2D eigenvalue weighted by molar-refractivity contribution is 8.00. The molecule has 2 heterocycles. The summed E-state index contributed by atoms with van der Waals surface area (Å²) in [7, 11) is 0. The highest BCUT2D eigenvalue weighted by Gasteiger charge is 2.25. The molecule has 2 atom stereocenters. The fraction of sp³-hybridized carbons (Fsp3) is 0.400. The zero-order valence-corrected chi connectivity index (χ0v) is 16.6. The average Bonchev–Trinajstić information content (AvgIpc) is 3.04. The first kappa shape index (κ1) is 18.0. The molecule has 4 rings (SSSR count). The summed E-state index contributed by atoms with van der Waals surface area (Å²) < 4.78 is 1.90. The Kier molecular flexibility index (Phi) is 4.86. The molecule has 0 unspecified atom stereocenters. The van der Waals surface area contributed by atoms with Crippen molar-refractivity contribution in [3.8, 4) is 0 Å². The number of nitrogens with one attached hydrogen (secondary N) is 1. The van der Waals surface area contributed by atoms with Gasteiger partial charge in [0.2, 0.25) is 5.91 Å². The molecule has 0 saturated carbocycles. The molecule has 0 aliphatic heterocycles. The van der Waals surface area contributed by atoms with E-state index < -0.39 is 0 Å². The highest BCUT2D eigenvalue weighted by Crippen LogP contribution is 2.30. The number of thioether (sulfide) groups is 1. The molecule has 1 aromatic carbocycles. The topological polar surface area (TPSA) is 72.2 Å². The number of hydrogen-bond donors (Lipinski definition) is 1. The number of aromatic nitrogens is 4. The van der Waals surface area contributed by atoms with Crippen molar-refractivity contribution in [1.29, 1.82) is 0 Å². The number of hydrogen-bond acceptors (Lipinski definition) is 5. The van der Waals surface area contributed by atoms with Gasteiger partial charge in [-0.2, -0.15) is 0 Å². The molecule has 2 aromatic heterocycles. The first-order chi connectivity index (χ1) is 13.0. The summed E-state index contributed by atoms with van der Waals surface area (Å²) >= 11 is 1.42. The van der Waals surface area contributed by atoms with Gasteiger partial charge >= 0.3 is 0 Å². The van der Waals surface area contributed by atoms with Gasteiger partial charge < -0.3 is 5.32 Å². The molecular weight excluding hydrogens is 358 g/mol. The number of carbonyl (C=O) groups excluding carboxylic acids is 1. The molecule has 1 amide bonds. The Hall–Kier alpha value is -2.41. The summed E-state index contributed by atoms with van der Waals surface area (Å²) in [5.74, 6) is 0.597. The number of aryl methyl sites for hydroxylation is 3. The maximum absolute atomic E-state index is 12.8. The lowest BCUT2D eigenvalue weighted by Crippen LogP contribution is -2.36. The van der Waals surface area contributed by atoms with E-state index in [2.05, 4.69) is 38.7 Å². The van der Waals surface area contributed by atoms with E-state index in [1.165, 1.54) is 22.9 Å². The first-order valence-electron chi connectivity index (χ1n) is 9.27. The normalized spacial score (nSPS) is 17.5. The summed E-state index contributed by atoms with van der Waals surface area (Å²) in [6, 6.07) is 10.5. The van der Waals surface area contributed by atoms with Gasteiger partial charge in [0.1, 0.15) is 0 Å². The molecule has 7 heteroatoms. The largest absolute Gasteiger partial charge is 0.348 e. The summed E-state index contributed by atoms with van der Waals surface area (Å²) in [6.07, 6.45) is 3.17. The van der Waals surface area contributed by atoms with Gasteiger partial charge in [-0.1, -0.05) is 36.0 Å². The van der Waals surface area contributed by atoms with Crippen molar-refractivity contribution in [2.24, 2.45) is 0 Å². The lowest BCUT2D eigenvalue weighted by atomic mass is 9.88. The zero-order valence-electron chi connectivity index (χ0n) is 15.8. The van der Waals surface area contributed by atoms with Gasteiger partial charge in [0.15, 0.2) is 5.16 Å². The van der Waals surface area contributed by atoms with Crippen LogP contribution in [-0.2, 0) is 11.2 Å². The van der Waals surface area contributed by atoms with E-state index in [0.717, 1.165) is 30.7 Å². The van der Waals surface area contributed by atoms with Crippen LogP contribution in [0.1, 0.15) is 48.3 Å². The smallest absolute Gasteiger partial charge is 0.256 e. The molecule has 1 aliphatic carbocycles. The third kappa shape index (κ3) is 3.56. The number of fused-ring (bicyclic) bond motifs is 2. The molecule has 27 heavy (non-hydrogen) atoms. The second-order valence-electron chi connectivity index (χ2n) is 7.07. The second kappa shape index (κ2) is 7.31. The number of benzene rings is 1. The average molecular weight is 382 g/mol. The van der Waals surface area contributed by atoms with Gasteiger partial charge in [0.05, 0.1) is 11.3 Å². The van der Waals surface area contributed by atoms with Crippen molar-refractivity contribution in [1.82, 2.24) is 24.9 Å². The first-order valence-corrected chi connectivity index (χ1v) is 10.1. The van der Waals surface area contributed by atoms with Crippen LogP contribution in [0.3, 0.4) is 0 Å². The molecule has 0 saturated heterocycles. The lowest BCUT2D eigenvalue weighted by Gasteiger charge is -2.27. The van der Waals surface area contributed by atoms with Crippen molar-refractivity contribution < 1.29 is 4.79 Å². The Balaban J connectivity index is 1.50. The van der Waals surface area contributed by atoms with E-state index in [0.29, 0.717) is 10.9 Å². The number of carbonyl (C=O) groups is 1. The predicted octanol–water partition coefficient (Wildman–Crippen LogP) is 3.42. The molecule has 1 aliphatic rings. The quantitative estimate of drug-likeness (QED) is 0.701. The molecule has 0 radical (unpaired) electrons. The summed E-state index contributed by atoms with van der Waals surface area (Å²) in [6.45, 7) is 5.85. The fourth-order valence-electron chi connectivity index (χ4n) is 3.68. The van der Waals surface area contributed by atoms with Gasteiger partial charge in [0, 0.05) is 11.4 Å². The molecule has 3 aromatic rings. The highest BCUT2D eigenvalue weighted by atomic mass is 32.2. The number of amides is 1. The summed E-state index contributed by atoms with van der Waals surface area (Å²) in [4.78, 5) is 17.2. The van der Waals surface area contributed by atoms with Crippen molar-refractivity contribution >= 4 is 23.4 Å². The van der Waals surface area contributed by atoms with Crippen LogP contribution in [0.15, 0.2) is 35.5 Å².